The van der Waals surface area contributed by atoms with E-state index in [1.807, 2.05) is 6.08 Å². The van der Waals surface area contributed by atoms with E-state index in [2.05, 4.69) is 43.5 Å². The third-order valence-corrected chi connectivity index (χ3v) is 11.9. The van der Waals surface area contributed by atoms with E-state index in [0.29, 0.717) is 19.4 Å². The summed E-state index contributed by atoms with van der Waals surface area (Å²) in [6, 6.07) is -0.645. The van der Waals surface area contributed by atoms with Crippen LogP contribution in [0.4, 0.5) is 0 Å². The SMILES string of the molecule is CCCCCC/C=C\C/C=C\CCCCCCCCCC(=O)OCCCCCCCCCCCCC(=O)NC(CO)C(O)/C=C/CCCCCCCCCCCCCCC. The Labute approximate surface area is 373 Å². The zero-order chi connectivity index (χ0) is 43.7. The third kappa shape index (κ3) is 45.6. The first-order chi connectivity index (χ1) is 29.5. The highest BCUT2D eigenvalue weighted by molar-refractivity contribution is 5.76. The molecule has 60 heavy (non-hydrogen) atoms. The van der Waals surface area contributed by atoms with Crippen LogP contribution in [0.3, 0.4) is 0 Å². The molecule has 0 spiro atoms. The highest BCUT2D eigenvalue weighted by atomic mass is 16.5. The Morgan fingerprint density at radius 2 is 0.833 bits per heavy atom. The number of carbonyl (C=O) groups is 2. The van der Waals surface area contributed by atoms with Gasteiger partial charge in [0, 0.05) is 12.8 Å². The molecule has 0 aromatic carbocycles. The van der Waals surface area contributed by atoms with Crippen LogP contribution in [-0.4, -0.2) is 47.4 Å². The van der Waals surface area contributed by atoms with Crippen LogP contribution >= 0.6 is 0 Å². The second-order valence-electron chi connectivity index (χ2n) is 17.9. The van der Waals surface area contributed by atoms with Crippen molar-refractivity contribution in [3.05, 3.63) is 36.5 Å². The molecule has 0 rings (SSSR count). The standard InChI is InChI=1S/C54H101NO5/c1-3-5-7-9-11-13-15-17-19-20-21-23-25-27-32-36-40-44-48-54(59)60-49-45-41-37-33-29-28-31-35-39-43-47-53(58)55-51(50-56)52(57)46-42-38-34-30-26-24-22-18-16-14-12-10-8-6-4-2/h13,15,19-20,42,46,51-52,56-57H,3-12,14,16-18,21-41,43-45,47-50H2,1-2H3,(H,55,58)/b15-13-,20-19-,46-42+. The largest absolute Gasteiger partial charge is 0.466 e. The van der Waals surface area contributed by atoms with Gasteiger partial charge >= 0.3 is 5.97 Å². The van der Waals surface area contributed by atoms with Crippen molar-refractivity contribution < 1.29 is 24.5 Å². The number of allylic oxidation sites excluding steroid dienone is 5. The van der Waals surface area contributed by atoms with Crippen molar-refractivity contribution in [1.82, 2.24) is 5.32 Å². The summed E-state index contributed by atoms with van der Waals surface area (Å²) in [6.07, 6.45) is 59.9. The lowest BCUT2D eigenvalue weighted by atomic mass is 10.0. The summed E-state index contributed by atoms with van der Waals surface area (Å²) in [7, 11) is 0. The highest BCUT2D eigenvalue weighted by Crippen LogP contribution is 2.15. The topological polar surface area (TPSA) is 95.9 Å². The number of hydrogen-bond donors (Lipinski definition) is 3. The zero-order valence-corrected chi connectivity index (χ0v) is 39.9. The van der Waals surface area contributed by atoms with Gasteiger partial charge in [0.25, 0.3) is 0 Å². The lowest BCUT2D eigenvalue weighted by Gasteiger charge is -2.20. The second kappa shape index (κ2) is 49.7. The molecule has 0 saturated carbocycles. The van der Waals surface area contributed by atoms with Crippen molar-refractivity contribution in [1.29, 1.82) is 0 Å². The minimum absolute atomic E-state index is 0.0286. The molecule has 352 valence electrons. The molecule has 0 aliphatic heterocycles. The van der Waals surface area contributed by atoms with Crippen LogP contribution < -0.4 is 5.32 Å². The first kappa shape index (κ1) is 58.1. The van der Waals surface area contributed by atoms with Gasteiger partial charge in [0.05, 0.1) is 25.4 Å². The first-order valence-electron chi connectivity index (χ1n) is 26.3. The zero-order valence-electron chi connectivity index (χ0n) is 39.9. The minimum atomic E-state index is -0.860. The summed E-state index contributed by atoms with van der Waals surface area (Å²) < 4.78 is 5.46. The van der Waals surface area contributed by atoms with Crippen molar-refractivity contribution >= 4 is 11.9 Å². The number of aliphatic hydroxyl groups excluding tert-OH is 2. The van der Waals surface area contributed by atoms with Gasteiger partial charge in [0.15, 0.2) is 0 Å². The van der Waals surface area contributed by atoms with E-state index in [1.165, 1.54) is 180 Å². The summed E-state index contributed by atoms with van der Waals surface area (Å²) in [5, 5.41) is 23.0. The molecule has 6 nitrogen and oxygen atoms in total. The number of ether oxygens (including phenoxy) is 1. The molecule has 0 heterocycles. The number of rotatable bonds is 48. The predicted octanol–water partition coefficient (Wildman–Crippen LogP) is 15.7. The normalized spacial score (nSPS) is 12.9. The van der Waals surface area contributed by atoms with Gasteiger partial charge in [-0.25, -0.2) is 0 Å². The van der Waals surface area contributed by atoms with Crippen LogP contribution in [0.25, 0.3) is 0 Å². The van der Waals surface area contributed by atoms with Gasteiger partial charge in [-0.2, -0.15) is 0 Å². The van der Waals surface area contributed by atoms with Crippen molar-refractivity contribution in [2.45, 2.75) is 283 Å². The van der Waals surface area contributed by atoms with Crippen LogP contribution in [-0.2, 0) is 14.3 Å². The Hall–Kier alpha value is -1.92. The number of carbonyl (C=O) groups excluding carboxylic acids is 2. The fraction of sp³-hybridized carbons (Fsp3) is 0.852. The van der Waals surface area contributed by atoms with Crippen LogP contribution in [0.1, 0.15) is 271 Å². The van der Waals surface area contributed by atoms with Gasteiger partial charge in [0.1, 0.15) is 0 Å². The number of nitrogens with one attached hydrogen (secondary N) is 1. The van der Waals surface area contributed by atoms with Crippen LogP contribution in [0, 0.1) is 0 Å². The lowest BCUT2D eigenvalue weighted by molar-refractivity contribution is -0.143. The maximum atomic E-state index is 12.4. The average molecular weight is 844 g/mol. The van der Waals surface area contributed by atoms with Gasteiger partial charge in [-0.05, 0) is 64.2 Å². The smallest absolute Gasteiger partial charge is 0.305 e. The molecule has 2 unspecified atom stereocenters. The molecule has 0 saturated heterocycles. The van der Waals surface area contributed by atoms with Gasteiger partial charge in [-0.3, -0.25) is 9.59 Å². The molecule has 3 N–H and O–H groups in total. The lowest BCUT2D eigenvalue weighted by Crippen LogP contribution is -2.45. The quantitative estimate of drug-likeness (QED) is 0.0322. The molecule has 2 atom stereocenters. The Bertz CT molecular complexity index is 977. The van der Waals surface area contributed by atoms with Gasteiger partial charge in [-0.1, -0.05) is 230 Å². The number of esters is 1. The summed E-state index contributed by atoms with van der Waals surface area (Å²) in [5.74, 6) is -0.120. The molecule has 6 heteroatoms. The van der Waals surface area contributed by atoms with Gasteiger partial charge in [0.2, 0.25) is 5.91 Å². The molecule has 0 aromatic rings. The summed E-state index contributed by atoms with van der Waals surface area (Å²) in [4.78, 5) is 24.5. The average Bonchev–Trinajstić information content (AvgIpc) is 3.25. The Morgan fingerprint density at radius 1 is 0.467 bits per heavy atom. The molecule has 1 amide bonds. The van der Waals surface area contributed by atoms with Crippen LogP contribution in [0.2, 0.25) is 0 Å². The molecule has 0 aliphatic rings. The van der Waals surface area contributed by atoms with Crippen molar-refractivity contribution in [3.8, 4) is 0 Å². The van der Waals surface area contributed by atoms with Crippen molar-refractivity contribution in [2.24, 2.45) is 0 Å². The van der Waals surface area contributed by atoms with Crippen molar-refractivity contribution in [2.75, 3.05) is 13.2 Å². The fourth-order valence-corrected chi connectivity index (χ4v) is 7.84. The van der Waals surface area contributed by atoms with Crippen molar-refractivity contribution in [3.63, 3.8) is 0 Å². The monoisotopic (exact) mass is 844 g/mol. The molecule has 0 aromatic heterocycles. The highest BCUT2D eigenvalue weighted by Gasteiger charge is 2.18. The number of hydrogen-bond acceptors (Lipinski definition) is 5. The molecule has 0 radical (unpaired) electrons. The van der Waals surface area contributed by atoms with Gasteiger partial charge in [-0.15, -0.1) is 0 Å². The van der Waals surface area contributed by atoms with E-state index in [4.69, 9.17) is 4.74 Å². The summed E-state index contributed by atoms with van der Waals surface area (Å²) >= 11 is 0. The van der Waals surface area contributed by atoms with E-state index in [0.717, 1.165) is 64.2 Å². The van der Waals surface area contributed by atoms with E-state index >= 15 is 0 Å². The molecular weight excluding hydrogens is 743 g/mol. The number of aliphatic hydroxyl groups is 2. The Balaban J connectivity index is 3.51. The summed E-state index contributed by atoms with van der Waals surface area (Å²) in [6.45, 7) is 4.83. The van der Waals surface area contributed by atoms with E-state index in [9.17, 15) is 19.8 Å². The molecular formula is C54H101NO5. The number of amides is 1. The van der Waals surface area contributed by atoms with Crippen LogP contribution in [0.5, 0.6) is 0 Å². The predicted molar refractivity (Wildman–Crippen MR) is 259 cm³/mol. The van der Waals surface area contributed by atoms with E-state index < -0.39 is 12.1 Å². The van der Waals surface area contributed by atoms with Crippen LogP contribution in [0.15, 0.2) is 36.5 Å². The van der Waals surface area contributed by atoms with E-state index in [-0.39, 0.29) is 18.5 Å². The minimum Gasteiger partial charge on any atom is -0.466 e. The fourth-order valence-electron chi connectivity index (χ4n) is 7.84. The number of unbranched alkanes of at least 4 members (excludes halogenated alkanes) is 33. The molecule has 0 fully saturated rings. The van der Waals surface area contributed by atoms with Gasteiger partial charge < -0.3 is 20.3 Å². The third-order valence-electron chi connectivity index (χ3n) is 11.9. The second-order valence-corrected chi connectivity index (χ2v) is 17.9. The molecule has 0 aliphatic carbocycles. The maximum Gasteiger partial charge on any atom is 0.305 e. The Kier molecular flexibility index (Phi) is 48.1. The molecule has 0 bridgehead atoms. The Morgan fingerprint density at radius 3 is 1.28 bits per heavy atom. The summed E-state index contributed by atoms with van der Waals surface area (Å²) in [5.41, 5.74) is 0. The first-order valence-corrected chi connectivity index (χ1v) is 26.3. The maximum absolute atomic E-state index is 12.4. The van der Waals surface area contributed by atoms with E-state index in [1.54, 1.807) is 6.08 Å².